The van der Waals surface area contributed by atoms with E-state index in [9.17, 15) is 5.26 Å². The Morgan fingerprint density at radius 3 is 3.03 bits per heavy atom. The molecule has 0 aliphatic carbocycles. The molecule has 160 valence electrons. The molecule has 3 saturated heterocycles. The number of rotatable bonds is 6. The van der Waals surface area contributed by atoms with E-state index in [0.29, 0.717) is 34.9 Å². The van der Waals surface area contributed by atoms with Crippen molar-refractivity contribution in [1.82, 2.24) is 19.8 Å². The van der Waals surface area contributed by atoms with E-state index < -0.39 is 0 Å². The standard InChI is InChI=1S/C20H28ClN9/c1-24-10-15(9-23)26-19-25-11-17(21)18(27-19)29-13-20(14-29,4-5-22)30-8-7-28-6-2-3-16(28)12-30/h9-11,16H,2-4,6-8,12-14,23H2,1H3,(H,25,26,27)/b15-9+,24-10?/t16-/m0/s1. The van der Waals surface area contributed by atoms with Crippen molar-refractivity contribution in [2.45, 2.75) is 30.8 Å². The predicted molar refractivity (Wildman–Crippen MR) is 119 cm³/mol. The molecule has 1 aromatic heterocycles. The zero-order chi connectivity index (χ0) is 21.1. The van der Waals surface area contributed by atoms with Crippen LogP contribution in [-0.2, 0) is 0 Å². The average Bonchev–Trinajstić information content (AvgIpc) is 3.19. The Bertz CT molecular complexity index is 872. The van der Waals surface area contributed by atoms with Crippen LogP contribution in [0.5, 0.6) is 0 Å². The van der Waals surface area contributed by atoms with E-state index in [0.717, 1.165) is 32.7 Å². The van der Waals surface area contributed by atoms with Gasteiger partial charge in [-0.3, -0.25) is 14.8 Å². The molecule has 0 unspecified atom stereocenters. The number of hydrogen-bond donors (Lipinski definition) is 2. The minimum absolute atomic E-state index is 0.136. The Morgan fingerprint density at radius 1 is 1.47 bits per heavy atom. The van der Waals surface area contributed by atoms with Crippen LogP contribution < -0.4 is 16.0 Å². The van der Waals surface area contributed by atoms with Gasteiger partial charge < -0.3 is 16.0 Å². The summed E-state index contributed by atoms with van der Waals surface area (Å²) >= 11 is 6.42. The fraction of sp³-hybridized carbons (Fsp3) is 0.600. The van der Waals surface area contributed by atoms with Gasteiger partial charge >= 0.3 is 0 Å². The number of nitrogens with two attached hydrogens (primary N) is 1. The van der Waals surface area contributed by atoms with Gasteiger partial charge in [0.2, 0.25) is 5.95 Å². The van der Waals surface area contributed by atoms with Crippen LogP contribution in [0.3, 0.4) is 0 Å². The zero-order valence-electron chi connectivity index (χ0n) is 17.3. The SMILES string of the molecule is CN=C/C(=C\N)Nc1ncc(Cl)c(N2CC(CC#N)(N3CCN4CCC[C@H]4C3)C2)n1. The van der Waals surface area contributed by atoms with Crippen LogP contribution in [0.2, 0.25) is 5.02 Å². The first kappa shape index (κ1) is 20.8. The third-order valence-electron chi connectivity index (χ3n) is 6.37. The van der Waals surface area contributed by atoms with E-state index in [-0.39, 0.29) is 5.54 Å². The summed E-state index contributed by atoms with van der Waals surface area (Å²) < 4.78 is 0. The largest absolute Gasteiger partial charge is 0.403 e. The van der Waals surface area contributed by atoms with Gasteiger partial charge in [0, 0.05) is 58.2 Å². The number of aromatic nitrogens is 2. The maximum absolute atomic E-state index is 9.52. The molecule has 9 nitrogen and oxygen atoms in total. The van der Waals surface area contributed by atoms with Gasteiger partial charge in [0.15, 0.2) is 5.82 Å². The molecule has 3 N–H and O–H groups in total. The van der Waals surface area contributed by atoms with Crippen molar-refractivity contribution in [1.29, 1.82) is 5.26 Å². The normalized spacial score (nSPS) is 24.5. The number of hydrogen-bond acceptors (Lipinski definition) is 9. The van der Waals surface area contributed by atoms with Crippen molar-refractivity contribution in [3.8, 4) is 6.07 Å². The lowest BCUT2D eigenvalue weighted by Crippen LogP contribution is -2.73. The molecular formula is C20H28ClN9. The Labute approximate surface area is 182 Å². The molecule has 1 atom stereocenters. The molecule has 1 aromatic rings. The van der Waals surface area contributed by atoms with Gasteiger partial charge in [0.05, 0.1) is 29.9 Å². The predicted octanol–water partition coefficient (Wildman–Crippen LogP) is 1.30. The maximum atomic E-state index is 9.52. The fourth-order valence-electron chi connectivity index (χ4n) is 4.83. The van der Waals surface area contributed by atoms with Crippen LogP contribution in [0.1, 0.15) is 19.3 Å². The van der Waals surface area contributed by atoms with E-state index in [1.165, 1.54) is 25.6 Å². The van der Waals surface area contributed by atoms with Crippen LogP contribution in [0.25, 0.3) is 0 Å². The third kappa shape index (κ3) is 3.95. The smallest absolute Gasteiger partial charge is 0.229 e. The summed E-state index contributed by atoms with van der Waals surface area (Å²) in [6.07, 6.45) is 7.65. The molecule has 0 amide bonds. The lowest BCUT2D eigenvalue weighted by atomic mass is 9.83. The lowest BCUT2D eigenvalue weighted by Gasteiger charge is -2.58. The van der Waals surface area contributed by atoms with Gasteiger partial charge in [-0.05, 0) is 19.4 Å². The van der Waals surface area contributed by atoms with Crippen LogP contribution >= 0.6 is 11.6 Å². The highest BCUT2D eigenvalue weighted by Crippen LogP contribution is 2.39. The second-order valence-electron chi connectivity index (χ2n) is 8.19. The number of nitrogens with zero attached hydrogens (tertiary/aromatic N) is 7. The van der Waals surface area contributed by atoms with Crippen molar-refractivity contribution >= 4 is 29.6 Å². The zero-order valence-corrected chi connectivity index (χ0v) is 18.0. The first-order valence-electron chi connectivity index (χ1n) is 10.3. The van der Waals surface area contributed by atoms with Gasteiger partial charge in [0.25, 0.3) is 0 Å². The van der Waals surface area contributed by atoms with Crippen molar-refractivity contribution in [3.05, 3.63) is 23.1 Å². The second kappa shape index (κ2) is 8.76. The number of nitriles is 1. The molecule has 4 rings (SSSR count). The van der Waals surface area contributed by atoms with Crippen LogP contribution in [0.4, 0.5) is 11.8 Å². The first-order chi connectivity index (χ1) is 14.6. The molecule has 0 radical (unpaired) electrons. The van der Waals surface area contributed by atoms with Gasteiger partial charge in [0.1, 0.15) is 5.02 Å². The molecule has 4 heterocycles. The van der Waals surface area contributed by atoms with E-state index in [1.807, 2.05) is 0 Å². The number of allylic oxidation sites excluding steroid dienone is 1. The Hall–Kier alpha value is -2.41. The number of nitrogens with one attached hydrogen (secondary N) is 1. The molecule has 0 saturated carbocycles. The molecule has 3 fully saturated rings. The van der Waals surface area contributed by atoms with Crippen LogP contribution in [0, 0.1) is 11.3 Å². The molecular weight excluding hydrogens is 402 g/mol. The van der Waals surface area contributed by atoms with Crippen molar-refractivity contribution in [2.75, 3.05) is 56.5 Å². The van der Waals surface area contributed by atoms with Crippen LogP contribution in [0.15, 0.2) is 23.1 Å². The number of piperazine rings is 1. The number of fused-ring (bicyclic) bond motifs is 1. The fourth-order valence-corrected chi connectivity index (χ4v) is 5.04. The molecule has 3 aliphatic heterocycles. The van der Waals surface area contributed by atoms with Crippen molar-refractivity contribution in [3.63, 3.8) is 0 Å². The molecule has 10 heteroatoms. The Kier molecular flexibility index (Phi) is 6.09. The summed E-state index contributed by atoms with van der Waals surface area (Å²) in [7, 11) is 1.67. The molecule has 0 aromatic carbocycles. The number of anilines is 2. The Balaban J connectivity index is 1.48. The molecule has 0 spiro atoms. The monoisotopic (exact) mass is 429 g/mol. The summed E-state index contributed by atoms with van der Waals surface area (Å²) in [5.74, 6) is 1.08. The summed E-state index contributed by atoms with van der Waals surface area (Å²) in [4.78, 5) is 20.0. The minimum Gasteiger partial charge on any atom is -0.403 e. The molecule has 0 bridgehead atoms. The van der Waals surface area contributed by atoms with E-state index in [4.69, 9.17) is 17.3 Å². The lowest BCUT2D eigenvalue weighted by molar-refractivity contribution is -0.000512. The molecule has 3 aliphatic rings. The molecule has 30 heavy (non-hydrogen) atoms. The highest BCUT2D eigenvalue weighted by Gasteiger charge is 2.50. The van der Waals surface area contributed by atoms with Gasteiger partial charge in [-0.25, -0.2) is 4.98 Å². The second-order valence-corrected chi connectivity index (χ2v) is 8.60. The highest BCUT2D eigenvalue weighted by molar-refractivity contribution is 6.32. The number of aliphatic imine (C=N–C) groups is 1. The third-order valence-corrected chi connectivity index (χ3v) is 6.63. The summed E-state index contributed by atoms with van der Waals surface area (Å²) in [6.45, 7) is 5.83. The topological polar surface area (TPSA) is 110 Å². The van der Waals surface area contributed by atoms with E-state index in [2.05, 4.69) is 41.0 Å². The minimum atomic E-state index is -0.136. The first-order valence-corrected chi connectivity index (χ1v) is 10.7. The Morgan fingerprint density at radius 2 is 2.30 bits per heavy atom. The summed E-state index contributed by atoms with van der Waals surface area (Å²) in [5.41, 5.74) is 6.08. The van der Waals surface area contributed by atoms with E-state index >= 15 is 0 Å². The quantitative estimate of drug-likeness (QED) is 0.651. The average molecular weight is 430 g/mol. The van der Waals surface area contributed by atoms with Crippen LogP contribution in [-0.4, -0.2) is 83.9 Å². The summed E-state index contributed by atoms with van der Waals surface area (Å²) in [5, 5.41) is 13.1. The highest BCUT2D eigenvalue weighted by atomic mass is 35.5. The van der Waals surface area contributed by atoms with Gasteiger partial charge in [-0.15, -0.1) is 0 Å². The summed E-state index contributed by atoms with van der Waals surface area (Å²) in [6, 6.07) is 3.05. The van der Waals surface area contributed by atoms with E-state index in [1.54, 1.807) is 19.5 Å². The van der Waals surface area contributed by atoms with Gasteiger partial charge in [-0.1, -0.05) is 11.6 Å². The van der Waals surface area contributed by atoms with Crippen molar-refractivity contribution < 1.29 is 0 Å². The van der Waals surface area contributed by atoms with Gasteiger partial charge in [-0.2, -0.15) is 10.2 Å². The number of halogens is 1. The van der Waals surface area contributed by atoms with Crippen molar-refractivity contribution in [2.24, 2.45) is 10.7 Å². The maximum Gasteiger partial charge on any atom is 0.229 e.